The molecule has 0 saturated heterocycles. The average Bonchev–Trinajstić information content (AvgIpc) is 2.72. The molecule has 0 aromatic carbocycles. The predicted octanol–water partition coefficient (Wildman–Crippen LogP) is 6.22. The SMILES string of the molecule is CCCCCCOCC[N+](C)(CCOCCCCCC)CCOCCCCCC. The Kier molecular flexibility index (Phi) is 22.4. The Morgan fingerprint density at radius 3 is 1.00 bits per heavy atom. The molecule has 0 N–H and O–H groups in total. The van der Waals surface area contributed by atoms with Crippen molar-refractivity contribution in [3.05, 3.63) is 0 Å². The van der Waals surface area contributed by atoms with Crippen molar-refractivity contribution < 1.29 is 18.7 Å². The first kappa shape index (κ1) is 28.8. The number of nitrogens with zero attached hydrogens (tertiary/aromatic N) is 1. The average molecular weight is 417 g/mol. The molecule has 0 saturated carbocycles. The number of likely N-dealkylation sites (N-methyl/N-ethyl adjacent to an activating group) is 1. The van der Waals surface area contributed by atoms with Crippen molar-refractivity contribution in [1.29, 1.82) is 0 Å². The highest BCUT2D eigenvalue weighted by Crippen LogP contribution is 2.06. The zero-order valence-electron chi connectivity index (χ0n) is 20.5. The molecule has 29 heavy (non-hydrogen) atoms. The Labute approximate surface area is 183 Å². The number of ether oxygens (including phenoxy) is 3. The summed E-state index contributed by atoms with van der Waals surface area (Å²) in [5.74, 6) is 0. The Balaban J connectivity index is 4.03. The van der Waals surface area contributed by atoms with Gasteiger partial charge in [-0.05, 0) is 19.3 Å². The van der Waals surface area contributed by atoms with Gasteiger partial charge in [0, 0.05) is 19.8 Å². The lowest BCUT2D eigenvalue weighted by atomic mass is 10.2. The van der Waals surface area contributed by atoms with Crippen molar-refractivity contribution in [3.63, 3.8) is 0 Å². The molecule has 4 heteroatoms. The summed E-state index contributed by atoms with van der Waals surface area (Å²) in [6.07, 6.45) is 15.3. The van der Waals surface area contributed by atoms with E-state index >= 15 is 0 Å². The van der Waals surface area contributed by atoms with E-state index in [1.807, 2.05) is 0 Å². The molecule has 0 aromatic heterocycles. The molecule has 0 aliphatic heterocycles. The van der Waals surface area contributed by atoms with Crippen molar-refractivity contribution in [1.82, 2.24) is 0 Å². The molecule has 0 spiro atoms. The summed E-state index contributed by atoms with van der Waals surface area (Å²) in [5, 5.41) is 0. The lowest BCUT2D eigenvalue weighted by molar-refractivity contribution is -0.910. The van der Waals surface area contributed by atoms with Gasteiger partial charge in [-0.3, -0.25) is 0 Å². The third-order valence-corrected chi connectivity index (χ3v) is 5.75. The molecule has 0 unspecified atom stereocenters. The number of hydrogen-bond donors (Lipinski definition) is 0. The first-order valence-corrected chi connectivity index (χ1v) is 12.7. The Morgan fingerprint density at radius 2 is 0.724 bits per heavy atom. The second kappa shape index (κ2) is 22.5. The number of unbranched alkanes of at least 4 members (excludes halogenated alkanes) is 9. The van der Waals surface area contributed by atoms with E-state index in [-0.39, 0.29) is 0 Å². The number of hydrogen-bond acceptors (Lipinski definition) is 3. The van der Waals surface area contributed by atoms with Gasteiger partial charge in [-0.1, -0.05) is 78.6 Å². The second-order valence-corrected chi connectivity index (χ2v) is 8.81. The molecule has 176 valence electrons. The van der Waals surface area contributed by atoms with Gasteiger partial charge in [0.1, 0.15) is 19.6 Å². The van der Waals surface area contributed by atoms with Crippen LogP contribution < -0.4 is 0 Å². The van der Waals surface area contributed by atoms with E-state index in [0.29, 0.717) is 0 Å². The first-order valence-electron chi connectivity index (χ1n) is 12.7. The van der Waals surface area contributed by atoms with Gasteiger partial charge in [0.2, 0.25) is 0 Å². The second-order valence-electron chi connectivity index (χ2n) is 8.81. The molecule has 0 aromatic rings. The Bertz CT molecular complexity index is 267. The van der Waals surface area contributed by atoms with Crippen LogP contribution in [0.4, 0.5) is 0 Å². The summed E-state index contributed by atoms with van der Waals surface area (Å²) < 4.78 is 18.8. The normalized spacial score (nSPS) is 12.0. The standard InChI is InChI=1S/C25H54NO3/c1-5-8-11-14-20-27-23-17-26(4,18-24-28-21-15-12-9-6-2)19-25-29-22-16-13-10-7-3/h5-25H2,1-4H3/q+1. The van der Waals surface area contributed by atoms with Crippen LogP contribution in [0.1, 0.15) is 97.8 Å². The maximum atomic E-state index is 5.92. The van der Waals surface area contributed by atoms with Crippen LogP contribution >= 0.6 is 0 Å². The molecule has 0 heterocycles. The molecular weight excluding hydrogens is 362 g/mol. The van der Waals surface area contributed by atoms with E-state index in [4.69, 9.17) is 14.2 Å². The van der Waals surface area contributed by atoms with E-state index < -0.39 is 0 Å². The lowest BCUT2D eigenvalue weighted by Crippen LogP contribution is -2.50. The molecule has 0 rings (SSSR count). The molecule has 0 radical (unpaired) electrons. The van der Waals surface area contributed by atoms with Crippen LogP contribution in [0.15, 0.2) is 0 Å². The van der Waals surface area contributed by atoms with Gasteiger partial charge in [0.25, 0.3) is 0 Å². The van der Waals surface area contributed by atoms with Crippen LogP contribution in [0.25, 0.3) is 0 Å². The predicted molar refractivity (Wildman–Crippen MR) is 126 cm³/mol. The van der Waals surface area contributed by atoms with E-state index in [1.54, 1.807) is 0 Å². The molecule has 0 bridgehead atoms. The van der Waals surface area contributed by atoms with Gasteiger partial charge in [-0.25, -0.2) is 0 Å². The van der Waals surface area contributed by atoms with Gasteiger partial charge >= 0.3 is 0 Å². The van der Waals surface area contributed by atoms with E-state index in [9.17, 15) is 0 Å². The molecule has 0 aliphatic carbocycles. The summed E-state index contributed by atoms with van der Waals surface area (Å²) in [6, 6.07) is 0. The summed E-state index contributed by atoms with van der Waals surface area (Å²) >= 11 is 0. The third-order valence-electron chi connectivity index (χ3n) is 5.75. The summed E-state index contributed by atoms with van der Waals surface area (Å²) in [6.45, 7) is 15.1. The molecule has 0 aliphatic rings. The zero-order valence-corrected chi connectivity index (χ0v) is 20.5. The van der Waals surface area contributed by atoms with Gasteiger partial charge in [-0.2, -0.15) is 0 Å². The van der Waals surface area contributed by atoms with Crippen molar-refractivity contribution in [2.75, 3.05) is 66.3 Å². The highest BCUT2D eigenvalue weighted by atomic mass is 16.5. The minimum absolute atomic E-state index is 0.843. The fraction of sp³-hybridized carbons (Fsp3) is 1.00. The highest BCUT2D eigenvalue weighted by Gasteiger charge is 2.21. The van der Waals surface area contributed by atoms with Gasteiger partial charge in [0.15, 0.2) is 0 Å². The molecule has 0 amide bonds. The van der Waals surface area contributed by atoms with Crippen LogP contribution in [-0.2, 0) is 14.2 Å². The highest BCUT2D eigenvalue weighted by molar-refractivity contribution is 4.46. The van der Waals surface area contributed by atoms with Crippen molar-refractivity contribution in [2.45, 2.75) is 97.8 Å². The number of rotatable bonds is 24. The van der Waals surface area contributed by atoms with Crippen LogP contribution in [-0.4, -0.2) is 70.8 Å². The Hall–Kier alpha value is -0.160. The van der Waals surface area contributed by atoms with Crippen molar-refractivity contribution in [3.8, 4) is 0 Å². The first-order chi connectivity index (χ1) is 14.2. The minimum Gasteiger partial charge on any atom is -0.376 e. The van der Waals surface area contributed by atoms with E-state index in [0.717, 1.165) is 63.8 Å². The third kappa shape index (κ3) is 20.9. The fourth-order valence-corrected chi connectivity index (χ4v) is 3.39. The monoisotopic (exact) mass is 416 g/mol. The van der Waals surface area contributed by atoms with Gasteiger partial charge in [0.05, 0.1) is 26.9 Å². The van der Waals surface area contributed by atoms with E-state index in [2.05, 4.69) is 27.8 Å². The Morgan fingerprint density at radius 1 is 0.414 bits per heavy atom. The van der Waals surface area contributed by atoms with E-state index in [1.165, 1.54) is 77.0 Å². The summed E-state index contributed by atoms with van der Waals surface area (Å²) in [5.41, 5.74) is 0. The summed E-state index contributed by atoms with van der Waals surface area (Å²) in [4.78, 5) is 0. The maximum Gasteiger partial charge on any atom is 0.102 e. The fourth-order valence-electron chi connectivity index (χ4n) is 3.39. The van der Waals surface area contributed by atoms with Crippen molar-refractivity contribution in [2.24, 2.45) is 0 Å². The smallest absolute Gasteiger partial charge is 0.102 e. The largest absolute Gasteiger partial charge is 0.376 e. The van der Waals surface area contributed by atoms with Crippen molar-refractivity contribution >= 4 is 0 Å². The molecular formula is C25H54NO3+. The quantitative estimate of drug-likeness (QED) is 0.138. The zero-order chi connectivity index (χ0) is 21.5. The van der Waals surface area contributed by atoms with Crippen LogP contribution in [0.2, 0.25) is 0 Å². The molecule has 0 fully saturated rings. The summed E-state index contributed by atoms with van der Waals surface area (Å²) in [7, 11) is 2.33. The molecule has 0 atom stereocenters. The van der Waals surface area contributed by atoms with Gasteiger partial charge in [-0.15, -0.1) is 0 Å². The maximum absolute atomic E-state index is 5.92. The van der Waals surface area contributed by atoms with Crippen LogP contribution in [0, 0.1) is 0 Å². The number of quaternary nitrogens is 1. The van der Waals surface area contributed by atoms with Crippen LogP contribution in [0.5, 0.6) is 0 Å². The topological polar surface area (TPSA) is 27.7 Å². The molecule has 4 nitrogen and oxygen atoms in total. The minimum atomic E-state index is 0.843. The van der Waals surface area contributed by atoms with Gasteiger partial charge < -0.3 is 18.7 Å². The lowest BCUT2D eigenvalue weighted by Gasteiger charge is -2.34. The van der Waals surface area contributed by atoms with Crippen LogP contribution in [0.3, 0.4) is 0 Å².